The van der Waals surface area contributed by atoms with Gasteiger partial charge < -0.3 is 15.3 Å². The number of urea groups is 1. The topological polar surface area (TPSA) is 52.6 Å². The number of anilines is 1. The van der Waals surface area contributed by atoms with Gasteiger partial charge in [-0.05, 0) is 37.0 Å². The average Bonchev–Trinajstić information content (AvgIpc) is 3.16. The number of nitrogens with zero attached hydrogens (tertiary/aromatic N) is 1. The van der Waals surface area contributed by atoms with Crippen molar-refractivity contribution in [2.45, 2.75) is 18.9 Å². The average molecular weight is 348 g/mol. The number of nitrogens with one attached hydrogen (secondary N) is 1. The molecule has 2 N–H and O–H groups in total. The predicted octanol–water partition coefficient (Wildman–Crippen LogP) is 3.34. The van der Waals surface area contributed by atoms with Crippen molar-refractivity contribution in [2.75, 3.05) is 18.9 Å². The minimum Gasteiger partial charge on any atom is -0.391 e. The number of carbonyl (C=O) groups excluding carboxylic acids is 1. The lowest BCUT2D eigenvalue weighted by Crippen LogP contribution is -2.38. The molecule has 1 saturated carbocycles. The number of aliphatic hydroxyl groups excluding tert-OH is 1. The van der Waals surface area contributed by atoms with E-state index in [1.165, 1.54) is 4.90 Å². The van der Waals surface area contributed by atoms with E-state index in [-0.39, 0.29) is 6.03 Å². The van der Waals surface area contributed by atoms with Crippen molar-refractivity contribution in [1.29, 1.82) is 0 Å². The molecule has 1 aliphatic carbocycles. The van der Waals surface area contributed by atoms with Gasteiger partial charge in [-0.25, -0.2) is 4.79 Å². The van der Waals surface area contributed by atoms with Crippen LogP contribution in [0.1, 0.15) is 12.8 Å². The number of hydrogen-bond donors (Lipinski definition) is 2. The number of likely N-dealkylation sites (N-methyl/N-ethyl adjacent to an activating group) is 1. The molecule has 1 atom stereocenters. The fraction of sp³-hybridized carbons (Fsp3) is 0.462. The molecule has 1 unspecified atom stereocenters. The van der Waals surface area contributed by atoms with E-state index in [0.717, 1.165) is 17.3 Å². The molecule has 2 rings (SSSR count). The van der Waals surface area contributed by atoms with Crippen molar-refractivity contribution >= 4 is 39.2 Å². The first-order chi connectivity index (χ1) is 8.97. The van der Waals surface area contributed by atoms with E-state index in [0.29, 0.717) is 23.2 Å². The van der Waals surface area contributed by atoms with Gasteiger partial charge in [0.2, 0.25) is 0 Å². The van der Waals surface area contributed by atoms with Crippen LogP contribution in [0.15, 0.2) is 22.7 Å². The molecule has 0 heterocycles. The molecule has 1 aliphatic rings. The predicted molar refractivity (Wildman–Crippen MR) is 79.5 cm³/mol. The summed E-state index contributed by atoms with van der Waals surface area (Å²) in [5.41, 5.74) is 0.558. The van der Waals surface area contributed by atoms with Crippen LogP contribution in [0.2, 0.25) is 5.02 Å². The van der Waals surface area contributed by atoms with Gasteiger partial charge >= 0.3 is 6.03 Å². The van der Waals surface area contributed by atoms with E-state index in [1.54, 1.807) is 25.2 Å². The molecule has 19 heavy (non-hydrogen) atoms. The van der Waals surface area contributed by atoms with Crippen molar-refractivity contribution < 1.29 is 9.90 Å². The quantitative estimate of drug-likeness (QED) is 0.877. The highest BCUT2D eigenvalue weighted by Gasteiger charge is 2.31. The van der Waals surface area contributed by atoms with Crippen LogP contribution in [-0.4, -0.2) is 35.7 Å². The van der Waals surface area contributed by atoms with Crippen molar-refractivity contribution in [2.24, 2.45) is 5.92 Å². The van der Waals surface area contributed by atoms with Gasteiger partial charge in [0.05, 0.1) is 16.8 Å². The van der Waals surface area contributed by atoms with Crippen LogP contribution in [-0.2, 0) is 0 Å². The first-order valence-corrected chi connectivity index (χ1v) is 7.29. The Morgan fingerprint density at radius 2 is 2.32 bits per heavy atom. The Morgan fingerprint density at radius 3 is 2.89 bits per heavy atom. The number of amides is 2. The molecule has 2 amide bonds. The van der Waals surface area contributed by atoms with Crippen LogP contribution in [0, 0.1) is 5.92 Å². The summed E-state index contributed by atoms with van der Waals surface area (Å²) in [7, 11) is 1.66. The van der Waals surface area contributed by atoms with Crippen LogP contribution in [0.3, 0.4) is 0 Å². The highest BCUT2D eigenvalue weighted by molar-refractivity contribution is 9.10. The molecular weight excluding hydrogens is 332 g/mol. The Bertz CT molecular complexity index is 480. The fourth-order valence-electron chi connectivity index (χ4n) is 1.80. The Morgan fingerprint density at radius 1 is 1.63 bits per heavy atom. The molecule has 0 radical (unpaired) electrons. The second kappa shape index (κ2) is 6.11. The first-order valence-electron chi connectivity index (χ1n) is 6.12. The van der Waals surface area contributed by atoms with Crippen molar-refractivity contribution in [1.82, 2.24) is 4.90 Å². The molecule has 0 bridgehead atoms. The Hall–Kier alpha value is -0.780. The SMILES string of the molecule is CN(CC(O)C1CC1)C(=O)Nc1ccc(Br)cc1Cl. The van der Waals surface area contributed by atoms with Gasteiger partial charge in [-0.3, -0.25) is 0 Å². The van der Waals surface area contributed by atoms with Gasteiger partial charge in [0.25, 0.3) is 0 Å². The molecule has 4 nitrogen and oxygen atoms in total. The third kappa shape index (κ3) is 4.09. The summed E-state index contributed by atoms with van der Waals surface area (Å²) in [6, 6.07) is 4.98. The zero-order valence-electron chi connectivity index (χ0n) is 10.6. The lowest BCUT2D eigenvalue weighted by Gasteiger charge is -2.21. The Balaban J connectivity index is 1.91. The molecule has 0 aromatic heterocycles. The summed E-state index contributed by atoms with van der Waals surface area (Å²) < 4.78 is 0.855. The third-order valence-corrected chi connectivity index (χ3v) is 3.95. The fourth-order valence-corrected chi connectivity index (χ4v) is 2.52. The second-order valence-corrected chi connectivity index (χ2v) is 6.16. The summed E-state index contributed by atoms with van der Waals surface area (Å²) in [4.78, 5) is 13.4. The maximum atomic E-state index is 12.0. The van der Waals surface area contributed by atoms with Crippen molar-refractivity contribution in [3.63, 3.8) is 0 Å². The minimum atomic E-state index is -0.434. The normalized spacial score (nSPS) is 16.0. The van der Waals surface area contributed by atoms with Gasteiger partial charge in [-0.2, -0.15) is 0 Å². The third-order valence-electron chi connectivity index (χ3n) is 3.15. The molecule has 104 valence electrons. The van der Waals surface area contributed by atoms with E-state index < -0.39 is 6.10 Å². The summed E-state index contributed by atoms with van der Waals surface area (Å²) in [5.74, 6) is 0.353. The zero-order valence-corrected chi connectivity index (χ0v) is 12.9. The Labute approximate surface area is 125 Å². The lowest BCUT2D eigenvalue weighted by molar-refractivity contribution is 0.117. The molecule has 0 aliphatic heterocycles. The number of rotatable bonds is 4. The van der Waals surface area contributed by atoms with Crippen LogP contribution in [0.5, 0.6) is 0 Å². The molecule has 0 saturated heterocycles. The lowest BCUT2D eigenvalue weighted by atomic mass is 10.2. The van der Waals surface area contributed by atoms with Gasteiger partial charge in [0.15, 0.2) is 0 Å². The van der Waals surface area contributed by atoms with E-state index in [1.807, 2.05) is 0 Å². The second-order valence-electron chi connectivity index (χ2n) is 4.84. The van der Waals surface area contributed by atoms with Gasteiger partial charge in [0.1, 0.15) is 0 Å². The number of halogens is 2. The van der Waals surface area contributed by atoms with Gasteiger partial charge in [0, 0.05) is 18.1 Å². The van der Waals surface area contributed by atoms with Crippen LogP contribution in [0.25, 0.3) is 0 Å². The molecule has 1 fully saturated rings. The summed E-state index contributed by atoms with van der Waals surface area (Å²) in [5, 5.41) is 13.0. The minimum absolute atomic E-state index is 0.274. The van der Waals surface area contributed by atoms with Crippen molar-refractivity contribution in [3.05, 3.63) is 27.7 Å². The Kier molecular flexibility index (Phi) is 4.71. The number of hydrogen-bond acceptors (Lipinski definition) is 2. The molecule has 1 aromatic rings. The maximum Gasteiger partial charge on any atom is 0.321 e. The number of benzene rings is 1. The summed E-state index contributed by atoms with van der Waals surface area (Å²) in [6.07, 6.45) is 1.67. The highest BCUT2D eigenvalue weighted by atomic mass is 79.9. The zero-order chi connectivity index (χ0) is 14.0. The van der Waals surface area contributed by atoms with Crippen LogP contribution in [0.4, 0.5) is 10.5 Å². The summed E-state index contributed by atoms with van der Waals surface area (Å²) >= 11 is 9.34. The molecular formula is C13H16BrClN2O2. The van der Waals surface area contributed by atoms with E-state index in [2.05, 4.69) is 21.2 Å². The van der Waals surface area contributed by atoms with Crippen LogP contribution >= 0.6 is 27.5 Å². The number of aliphatic hydroxyl groups is 1. The summed E-state index contributed by atoms with van der Waals surface area (Å²) in [6.45, 7) is 0.338. The molecule has 6 heteroatoms. The molecule has 0 spiro atoms. The first kappa shape index (κ1) is 14.6. The number of carbonyl (C=O) groups is 1. The van der Waals surface area contributed by atoms with E-state index >= 15 is 0 Å². The standard InChI is InChI=1S/C13H16BrClN2O2/c1-17(7-12(18)8-2-3-8)13(19)16-11-5-4-9(14)6-10(11)15/h4-6,8,12,18H,2-3,7H2,1H3,(H,16,19). The highest BCUT2D eigenvalue weighted by Crippen LogP contribution is 2.32. The monoisotopic (exact) mass is 346 g/mol. The molecule has 1 aromatic carbocycles. The van der Waals surface area contributed by atoms with Crippen LogP contribution < -0.4 is 5.32 Å². The van der Waals surface area contributed by atoms with Crippen molar-refractivity contribution in [3.8, 4) is 0 Å². The largest absolute Gasteiger partial charge is 0.391 e. The maximum absolute atomic E-state index is 12.0. The van der Waals surface area contributed by atoms with E-state index in [9.17, 15) is 9.90 Å². The van der Waals surface area contributed by atoms with Gasteiger partial charge in [-0.15, -0.1) is 0 Å². The smallest absolute Gasteiger partial charge is 0.321 e. The van der Waals surface area contributed by atoms with Gasteiger partial charge in [-0.1, -0.05) is 27.5 Å². The van der Waals surface area contributed by atoms with E-state index in [4.69, 9.17) is 11.6 Å².